The van der Waals surface area contributed by atoms with Crippen molar-refractivity contribution < 1.29 is 0 Å². The van der Waals surface area contributed by atoms with E-state index in [1.165, 1.54) is 11.1 Å². The van der Waals surface area contributed by atoms with Crippen LogP contribution >= 0.6 is 11.6 Å². The molecular formula is C23H18ClN3. The van der Waals surface area contributed by atoms with Crippen molar-refractivity contribution in [2.24, 2.45) is 5.10 Å². The first kappa shape index (κ1) is 17.3. The van der Waals surface area contributed by atoms with E-state index in [1.807, 2.05) is 49.4 Å². The molecule has 4 rings (SSSR count). The van der Waals surface area contributed by atoms with E-state index in [0.29, 0.717) is 5.02 Å². The molecule has 0 aliphatic rings. The van der Waals surface area contributed by atoms with Crippen molar-refractivity contribution in [3.05, 3.63) is 95.6 Å². The largest absolute Gasteiger partial charge is 0.277 e. The lowest BCUT2D eigenvalue weighted by molar-refractivity contribution is 1.31. The van der Waals surface area contributed by atoms with Crippen LogP contribution in [0.15, 0.2) is 90.2 Å². The maximum Gasteiger partial charge on any atom is 0.0738 e. The van der Waals surface area contributed by atoms with Gasteiger partial charge in [-0.3, -0.25) is 10.4 Å². The van der Waals surface area contributed by atoms with Crippen LogP contribution in [0.4, 0.5) is 5.69 Å². The average molecular weight is 372 g/mol. The molecule has 3 aromatic carbocycles. The Kier molecular flexibility index (Phi) is 4.86. The summed E-state index contributed by atoms with van der Waals surface area (Å²) in [6.07, 6.45) is 1.75. The van der Waals surface area contributed by atoms with Crippen LogP contribution in [-0.2, 0) is 0 Å². The summed E-state index contributed by atoms with van der Waals surface area (Å²) in [5.41, 5.74) is 9.28. The predicted molar refractivity (Wildman–Crippen MR) is 114 cm³/mol. The molecule has 4 heteroatoms. The first-order chi connectivity index (χ1) is 13.2. The van der Waals surface area contributed by atoms with Crippen molar-refractivity contribution >= 4 is 33.9 Å². The van der Waals surface area contributed by atoms with Crippen LogP contribution in [0.1, 0.15) is 12.5 Å². The zero-order valence-electron chi connectivity index (χ0n) is 14.9. The minimum absolute atomic E-state index is 0.672. The quantitative estimate of drug-likeness (QED) is 0.333. The Bertz CT molecular complexity index is 1100. The third kappa shape index (κ3) is 3.83. The lowest BCUT2D eigenvalue weighted by Crippen LogP contribution is -2.00. The summed E-state index contributed by atoms with van der Waals surface area (Å²) in [6, 6.07) is 26.3. The second-order valence-corrected chi connectivity index (χ2v) is 6.71. The van der Waals surface area contributed by atoms with Gasteiger partial charge in [0.15, 0.2) is 0 Å². The molecule has 0 spiro atoms. The molecule has 0 fully saturated rings. The Morgan fingerprint density at radius 3 is 2.41 bits per heavy atom. The maximum absolute atomic E-state index is 6.05. The first-order valence-corrected chi connectivity index (χ1v) is 9.09. The van der Waals surface area contributed by atoms with Crippen LogP contribution < -0.4 is 5.43 Å². The first-order valence-electron chi connectivity index (χ1n) is 8.71. The van der Waals surface area contributed by atoms with Crippen LogP contribution in [0.25, 0.3) is 22.0 Å². The van der Waals surface area contributed by atoms with E-state index < -0.39 is 0 Å². The number of rotatable bonds is 4. The Hall–Kier alpha value is -3.17. The van der Waals surface area contributed by atoms with E-state index in [4.69, 9.17) is 11.6 Å². The van der Waals surface area contributed by atoms with E-state index >= 15 is 0 Å². The fourth-order valence-corrected chi connectivity index (χ4v) is 3.13. The fourth-order valence-electron chi connectivity index (χ4n) is 2.96. The van der Waals surface area contributed by atoms with Crippen molar-refractivity contribution in [2.75, 3.05) is 5.43 Å². The van der Waals surface area contributed by atoms with E-state index in [0.717, 1.165) is 27.9 Å². The van der Waals surface area contributed by atoms with Crippen LogP contribution in [0.2, 0.25) is 5.02 Å². The molecular weight excluding hydrogens is 354 g/mol. The number of fused-ring (bicyclic) bond motifs is 1. The molecule has 1 heterocycles. The predicted octanol–water partition coefficient (Wildman–Crippen LogP) is 6.39. The Labute approximate surface area is 163 Å². The van der Waals surface area contributed by atoms with Crippen LogP contribution in [-0.4, -0.2) is 10.7 Å². The molecule has 132 valence electrons. The van der Waals surface area contributed by atoms with Crippen molar-refractivity contribution in [2.45, 2.75) is 6.92 Å². The van der Waals surface area contributed by atoms with Gasteiger partial charge in [0.1, 0.15) is 0 Å². The van der Waals surface area contributed by atoms with Crippen molar-refractivity contribution in [1.82, 2.24) is 4.98 Å². The molecule has 0 saturated carbocycles. The van der Waals surface area contributed by atoms with Gasteiger partial charge in [0.2, 0.25) is 0 Å². The van der Waals surface area contributed by atoms with E-state index in [9.17, 15) is 0 Å². The smallest absolute Gasteiger partial charge is 0.0738 e. The Balaban J connectivity index is 1.56. The zero-order chi connectivity index (χ0) is 18.6. The molecule has 0 unspecified atom stereocenters. The van der Waals surface area contributed by atoms with Gasteiger partial charge in [-0.1, -0.05) is 66.2 Å². The molecule has 1 N–H and O–H groups in total. The van der Waals surface area contributed by atoms with Gasteiger partial charge in [-0.15, -0.1) is 0 Å². The van der Waals surface area contributed by atoms with Gasteiger partial charge in [0, 0.05) is 16.6 Å². The molecule has 3 nitrogen and oxygen atoms in total. The summed E-state index contributed by atoms with van der Waals surface area (Å²) in [4.78, 5) is 4.35. The molecule has 0 aliphatic carbocycles. The van der Waals surface area contributed by atoms with Crippen LogP contribution in [0.5, 0.6) is 0 Å². The lowest BCUT2D eigenvalue weighted by atomic mass is 10.0. The zero-order valence-corrected chi connectivity index (χ0v) is 15.6. The summed E-state index contributed by atoms with van der Waals surface area (Å²) in [5.74, 6) is 0. The number of hydrazone groups is 1. The fraction of sp³-hybridized carbons (Fsp3) is 0.0435. The van der Waals surface area contributed by atoms with Gasteiger partial charge in [-0.05, 0) is 47.9 Å². The molecule has 1 aromatic heterocycles. The standard InChI is InChI=1S/C23H18ClN3/c1-16(17-7-9-19(10-8-17)18-5-3-2-4-6-18)26-27-22-13-14-25-23-15-20(24)11-12-21(22)23/h2-15H,1H3,(H,25,27). The third-order valence-electron chi connectivity index (χ3n) is 4.46. The number of aromatic nitrogens is 1. The summed E-state index contributed by atoms with van der Waals surface area (Å²) in [6.45, 7) is 1.99. The highest BCUT2D eigenvalue weighted by Crippen LogP contribution is 2.24. The molecule has 0 saturated heterocycles. The van der Waals surface area contributed by atoms with Crippen LogP contribution in [0, 0.1) is 0 Å². The number of anilines is 1. The lowest BCUT2D eigenvalue weighted by Gasteiger charge is -2.08. The molecule has 0 amide bonds. The highest BCUT2D eigenvalue weighted by atomic mass is 35.5. The summed E-state index contributed by atoms with van der Waals surface area (Å²) < 4.78 is 0. The number of halogens is 1. The highest BCUT2D eigenvalue weighted by Gasteiger charge is 2.03. The molecule has 0 radical (unpaired) electrons. The second kappa shape index (κ2) is 7.60. The van der Waals surface area contributed by atoms with Gasteiger partial charge in [-0.25, -0.2) is 0 Å². The van der Waals surface area contributed by atoms with E-state index in [-0.39, 0.29) is 0 Å². The van der Waals surface area contributed by atoms with Crippen molar-refractivity contribution in [1.29, 1.82) is 0 Å². The number of hydrogen-bond donors (Lipinski definition) is 1. The number of benzene rings is 3. The number of nitrogens with one attached hydrogen (secondary N) is 1. The molecule has 0 atom stereocenters. The minimum atomic E-state index is 0.672. The molecule has 4 aromatic rings. The highest BCUT2D eigenvalue weighted by molar-refractivity contribution is 6.31. The monoisotopic (exact) mass is 371 g/mol. The topological polar surface area (TPSA) is 37.3 Å². The molecule has 27 heavy (non-hydrogen) atoms. The third-order valence-corrected chi connectivity index (χ3v) is 4.69. The van der Waals surface area contributed by atoms with Crippen molar-refractivity contribution in [3.8, 4) is 11.1 Å². The van der Waals surface area contributed by atoms with E-state index in [1.54, 1.807) is 6.20 Å². The normalized spacial score (nSPS) is 11.6. The summed E-state index contributed by atoms with van der Waals surface area (Å²) in [5, 5.41) is 6.20. The summed E-state index contributed by atoms with van der Waals surface area (Å²) in [7, 11) is 0. The SMILES string of the molecule is CC(=NNc1ccnc2cc(Cl)ccc12)c1ccc(-c2ccccc2)cc1. The Morgan fingerprint density at radius 1 is 0.889 bits per heavy atom. The van der Waals surface area contributed by atoms with Gasteiger partial charge in [0.05, 0.1) is 16.9 Å². The summed E-state index contributed by atoms with van der Waals surface area (Å²) >= 11 is 6.05. The number of pyridine rings is 1. The molecule has 0 aliphatic heterocycles. The second-order valence-electron chi connectivity index (χ2n) is 6.27. The van der Waals surface area contributed by atoms with Gasteiger partial charge >= 0.3 is 0 Å². The van der Waals surface area contributed by atoms with Gasteiger partial charge in [0.25, 0.3) is 0 Å². The number of hydrogen-bond acceptors (Lipinski definition) is 3. The van der Waals surface area contributed by atoms with Gasteiger partial charge < -0.3 is 0 Å². The van der Waals surface area contributed by atoms with Gasteiger partial charge in [-0.2, -0.15) is 5.10 Å². The number of nitrogens with zero attached hydrogens (tertiary/aromatic N) is 2. The molecule has 0 bridgehead atoms. The van der Waals surface area contributed by atoms with Crippen molar-refractivity contribution in [3.63, 3.8) is 0 Å². The average Bonchev–Trinajstić information content (AvgIpc) is 2.72. The maximum atomic E-state index is 6.05. The van der Waals surface area contributed by atoms with E-state index in [2.05, 4.69) is 51.9 Å². The minimum Gasteiger partial charge on any atom is -0.277 e. The Morgan fingerprint density at radius 2 is 1.63 bits per heavy atom. The van der Waals surface area contributed by atoms with Crippen LogP contribution in [0.3, 0.4) is 0 Å².